The third kappa shape index (κ3) is 5.85. The summed E-state index contributed by atoms with van der Waals surface area (Å²) in [7, 11) is 0. The second-order valence-corrected chi connectivity index (χ2v) is 9.24. The van der Waals surface area contributed by atoms with E-state index in [0.29, 0.717) is 24.6 Å². The fourth-order valence-electron chi connectivity index (χ4n) is 5.14. The molecule has 1 saturated carbocycles. The van der Waals surface area contributed by atoms with E-state index in [4.69, 9.17) is 11.1 Å². The molecular weight excluding hydrogens is 444 g/mol. The number of hydrogen-bond acceptors (Lipinski definition) is 6. The maximum atomic E-state index is 13.1. The van der Waals surface area contributed by atoms with Crippen molar-refractivity contribution in [3.8, 4) is 0 Å². The fraction of sp³-hybridized carbons (Fsp3) is 0.423. The summed E-state index contributed by atoms with van der Waals surface area (Å²) in [6.07, 6.45) is 8.35. The Bertz CT molecular complexity index is 1090. The second kappa shape index (κ2) is 11.1. The van der Waals surface area contributed by atoms with E-state index >= 15 is 0 Å². The predicted octanol–water partition coefficient (Wildman–Crippen LogP) is 2.18. The van der Waals surface area contributed by atoms with Gasteiger partial charge in [0.05, 0.1) is 18.4 Å². The van der Waals surface area contributed by atoms with Gasteiger partial charge in [0.15, 0.2) is 0 Å². The number of likely N-dealkylation sites (tertiary alicyclic amines) is 1. The molecule has 3 atom stereocenters. The van der Waals surface area contributed by atoms with Gasteiger partial charge in [-0.1, -0.05) is 36.8 Å². The Hall–Kier alpha value is -3.75. The molecule has 184 valence electrons. The summed E-state index contributed by atoms with van der Waals surface area (Å²) >= 11 is 0. The van der Waals surface area contributed by atoms with E-state index in [1.807, 2.05) is 6.07 Å². The standard InChI is InChI=1S/C26H32N6O3/c27-24(25(28)34)20-11-12-29-15-21(20)30-16-23(33)32-13-5-10-22(32)26(35)31-19-9-4-8-18(14-19)17-6-2-1-3-7-17/h1-3,6-7,11-12,15,18-19,22,27,30H,4-5,8-10,13-14,16H2,(H2,28,34)(H,31,35). The van der Waals surface area contributed by atoms with Crippen molar-refractivity contribution >= 4 is 29.1 Å². The summed E-state index contributed by atoms with van der Waals surface area (Å²) < 4.78 is 0. The van der Waals surface area contributed by atoms with Crippen molar-refractivity contribution in [2.24, 2.45) is 5.73 Å². The summed E-state index contributed by atoms with van der Waals surface area (Å²) in [5, 5.41) is 14.0. The third-order valence-corrected chi connectivity index (χ3v) is 6.93. The molecule has 0 radical (unpaired) electrons. The van der Waals surface area contributed by atoms with E-state index in [0.717, 1.165) is 32.1 Å². The van der Waals surface area contributed by atoms with Crippen LogP contribution in [0.1, 0.15) is 55.6 Å². The molecule has 2 aromatic rings. The molecule has 2 fully saturated rings. The summed E-state index contributed by atoms with van der Waals surface area (Å²) in [4.78, 5) is 43.2. The number of nitrogens with one attached hydrogen (secondary N) is 3. The van der Waals surface area contributed by atoms with Gasteiger partial charge in [-0.25, -0.2) is 0 Å². The number of hydrogen-bond donors (Lipinski definition) is 4. The van der Waals surface area contributed by atoms with Crippen LogP contribution in [0.3, 0.4) is 0 Å². The maximum Gasteiger partial charge on any atom is 0.267 e. The van der Waals surface area contributed by atoms with Gasteiger partial charge in [-0.05, 0) is 49.7 Å². The number of rotatable bonds is 8. The molecule has 4 rings (SSSR count). The van der Waals surface area contributed by atoms with Crippen LogP contribution in [0.2, 0.25) is 0 Å². The predicted molar refractivity (Wildman–Crippen MR) is 133 cm³/mol. The first-order valence-electron chi connectivity index (χ1n) is 12.2. The quantitative estimate of drug-likeness (QED) is 0.432. The Balaban J connectivity index is 1.34. The Morgan fingerprint density at radius 3 is 2.66 bits per heavy atom. The molecule has 2 aliphatic rings. The molecule has 3 unspecified atom stereocenters. The maximum absolute atomic E-state index is 13.1. The van der Waals surface area contributed by atoms with E-state index in [-0.39, 0.29) is 35.7 Å². The van der Waals surface area contributed by atoms with Crippen molar-refractivity contribution in [2.75, 3.05) is 18.4 Å². The highest BCUT2D eigenvalue weighted by Gasteiger charge is 2.35. The van der Waals surface area contributed by atoms with Crippen molar-refractivity contribution in [3.05, 3.63) is 59.9 Å². The second-order valence-electron chi connectivity index (χ2n) is 9.24. The molecule has 9 heteroatoms. The van der Waals surface area contributed by atoms with Crippen LogP contribution in [0.5, 0.6) is 0 Å². The van der Waals surface area contributed by atoms with Gasteiger partial charge in [-0.3, -0.25) is 24.8 Å². The lowest BCUT2D eigenvalue weighted by atomic mass is 9.81. The van der Waals surface area contributed by atoms with Crippen molar-refractivity contribution in [2.45, 2.75) is 56.5 Å². The molecule has 35 heavy (non-hydrogen) atoms. The number of benzene rings is 1. The average Bonchev–Trinajstić information content (AvgIpc) is 3.38. The van der Waals surface area contributed by atoms with E-state index in [9.17, 15) is 14.4 Å². The smallest absolute Gasteiger partial charge is 0.267 e. The van der Waals surface area contributed by atoms with Crippen LogP contribution in [-0.4, -0.2) is 58.5 Å². The van der Waals surface area contributed by atoms with E-state index in [1.165, 1.54) is 24.0 Å². The number of anilines is 1. The minimum Gasteiger partial charge on any atom is -0.374 e. The van der Waals surface area contributed by atoms with Crippen LogP contribution in [0.25, 0.3) is 0 Å². The molecule has 1 saturated heterocycles. The highest BCUT2D eigenvalue weighted by Crippen LogP contribution is 2.33. The molecule has 9 nitrogen and oxygen atoms in total. The van der Waals surface area contributed by atoms with Gasteiger partial charge in [-0.2, -0.15) is 0 Å². The van der Waals surface area contributed by atoms with E-state index in [2.05, 4.69) is 39.9 Å². The largest absolute Gasteiger partial charge is 0.374 e. The van der Waals surface area contributed by atoms with Crippen LogP contribution in [-0.2, 0) is 14.4 Å². The minimum atomic E-state index is -0.862. The zero-order valence-electron chi connectivity index (χ0n) is 19.7. The monoisotopic (exact) mass is 476 g/mol. The van der Waals surface area contributed by atoms with Crippen LogP contribution in [0.4, 0.5) is 5.69 Å². The highest BCUT2D eigenvalue weighted by atomic mass is 16.2. The SMILES string of the molecule is N=C(C(N)=O)c1ccncc1NCC(=O)N1CCCC1C(=O)NC1CCCC(c2ccccc2)C1. The number of nitrogens with two attached hydrogens (primary N) is 1. The third-order valence-electron chi connectivity index (χ3n) is 6.93. The van der Waals surface area contributed by atoms with Gasteiger partial charge >= 0.3 is 0 Å². The molecule has 0 spiro atoms. The van der Waals surface area contributed by atoms with Crippen molar-refractivity contribution in [1.29, 1.82) is 5.41 Å². The lowest BCUT2D eigenvalue weighted by molar-refractivity contribution is -0.137. The number of aromatic nitrogens is 1. The van der Waals surface area contributed by atoms with E-state index in [1.54, 1.807) is 4.90 Å². The Labute approximate surface area is 205 Å². The number of pyridine rings is 1. The van der Waals surface area contributed by atoms with Gasteiger partial charge in [0.2, 0.25) is 11.8 Å². The topological polar surface area (TPSA) is 141 Å². The van der Waals surface area contributed by atoms with Crippen molar-refractivity contribution in [1.82, 2.24) is 15.2 Å². The first kappa shape index (κ1) is 24.4. The lowest BCUT2D eigenvalue weighted by Crippen LogP contribution is -2.50. The number of carbonyl (C=O) groups is 3. The molecule has 1 aliphatic carbocycles. The normalized spacial score (nSPS) is 21.8. The van der Waals surface area contributed by atoms with Crippen LogP contribution >= 0.6 is 0 Å². The first-order chi connectivity index (χ1) is 16.9. The van der Waals surface area contributed by atoms with Crippen LogP contribution in [0.15, 0.2) is 48.8 Å². The molecule has 2 heterocycles. The summed E-state index contributed by atoms with van der Waals surface area (Å²) in [6.45, 7) is 0.445. The zero-order chi connectivity index (χ0) is 24.8. The van der Waals surface area contributed by atoms with Gasteiger partial charge in [-0.15, -0.1) is 0 Å². The van der Waals surface area contributed by atoms with Gasteiger partial charge in [0, 0.05) is 24.3 Å². The lowest BCUT2D eigenvalue weighted by Gasteiger charge is -2.32. The minimum absolute atomic E-state index is 0.0754. The molecule has 1 aromatic carbocycles. The van der Waals surface area contributed by atoms with E-state index < -0.39 is 11.9 Å². The molecular formula is C26H32N6O3. The number of amides is 3. The molecule has 3 amide bonds. The Kier molecular flexibility index (Phi) is 7.74. The highest BCUT2D eigenvalue weighted by molar-refractivity contribution is 6.44. The summed E-state index contributed by atoms with van der Waals surface area (Å²) in [6, 6.07) is 11.5. The number of carbonyl (C=O) groups excluding carboxylic acids is 3. The Morgan fingerprint density at radius 1 is 1.09 bits per heavy atom. The molecule has 5 N–H and O–H groups in total. The zero-order valence-corrected chi connectivity index (χ0v) is 19.7. The number of primary amides is 1. The van der Waals surface area contributed by atoms with Gasteiger partial charge < -0.3 is 21.3 Å². The average molecular weight is 477 g/mol. The fourth-order valence-corrected chi connectivity index (χ4v) is 5.14. The van der Waals surface area contributed by atoms with Gasteiger partial charge in [0.1, 0.15) is 11.8 Å². The first-order valence-corrected chi connectivity index (χ1v) is 12.2. The van der Waals surface area contributed by atoms with Crippen LogP contribution < -0.4 is 16.4 Å². The number of nitrogens with zero attached hydrogens (tertiary/aromatic N) is 2. The van der Waals surface area contributed by atoms with Crippen molar-refractivity contribution in [3.63, 3.8) is 0 Å². The molecule has 1 aromatic heterocycles. The molecule has 0 bridgehead atoms. The summed E-state index contributed by atoms with van der Waals surface area (Å²) in [5.74, 6) is -0.728. The molecule has 1 aliphatic heterocycles. The Morgan fingerprint density at radius 2 is 1.89 bits per heavy atom. The summed E-state index contributed by atoms with van der Waals surface area (Å²) in [5.41, 5.74) is 6.84. The van der Waals surface area contributed by atoms with Crippen LogP contribution in [0, 0.1) is 5.41 Å². The van der Waals surface area contributed by atoms with Crippen molar-refractivity contribution < 1.29 is 14.4 Å². The van der Waals surface area contributed by atoms with Gasteiger partial charge in [0.25, 0.3) is 5.91 Å².